The van der Waals surface area contributed by atoms with Crippen molar-refractivity contribution >= 4 is 11.6 Å². The Morgan fingerprint density at radius 2 is 1.80 bits per heavy atom. The molecule has 0 aliphatic carbocycles. The minimum Gasteiger partial charge on any atom is -0.316 e. The molecule has 20 heavy (non-hydrogen) atoms. The Hall–Kier alpha value is -1.66. The summed E-state index contributed by atoms with van der Waals surface area (Å²) in [4.78, 5) is 6.68. The smallest absolute Gasteiger partial charge is 0.316 e. The third kappa shape index (κ3) is 3.26. The van der Waals surface area contributed by atoms with Crippen molar-refractivity contribution in [1.29, 1.82) is 0 Å². The van der Waals surface area contributed by atoms with Gasteiger partial charge < -0.3 is 5.32 Å². The number of aromatic nitrogens is 2. The molecule has 0 bridgehead atoms. The number of nitrogens with zero attached hydrogens (tertiary/aromatic N) is 2. The number of hydrogen-bond donors (Lipinski definition) is 1. The highest BCUT2D eigenvalue weighted by atomic mass is 35.5. The largest absolute Gasteiger partial charge is 0.451 e. The lowest BCUT2D eigenvalue weighted by Crippen LogP contribution is -2.10. The Morgan fingerprint density at radius 1 is 1.15 bits per heavy atom. The van der Waals surface area contributed by atoms with Crippen LogP contribution in [0.2, 0.25) is 5.02 Å². The Bertz CT molecular complexity index is 597. The van der Waals surface area contributed by atoms with Crippen molar-refractivity contribution in [2.24, 2.45) is 0 Å². The third-order valence-electron chi connectivity index (χ3n) is 2.65. The van der Waals surface area contributed by atoms with Crippen molar-refractivity contribution in [2.75, 3.05) is 7.05 Å². The molecule has 0 fully saturated rings. The molecule has 0 spiro atoms. The Morgan fingerprint density at radius 3 is 2.35 bits per heavy atom. The molecule has 3 nitrogen and oxygen atoms in total. The molecule has 0 saturated heterocycles. The van der Waals surface area contributed by atoms with Gasteiger partial charge in [0.1, 0.15) is 0 Å². The lowest BCUT2D eigenvalue weighted by molar-refractivity contribution is -0.144. The second-order valence-electron chi connectivity index (χ2n) is 4.13. The average Bonchev–Trinajstić information content (AvgIpc) is 2.41. The van der Waals surface area contributed by atoms with Crippen molar-refractivity contribution in [3.8, 4) is 11.1 Å². The predicted octanol–water partition coefficient (Wildman–Crippen LogP) is 3.54. The summed E-state index contributed by atoms with van der Waals surface area (Å²) in [6.07, 6.45) is -2.22. The molecule has 0 saturated carbocycles. The van der Waals surface area contributed by atoms with Gasteiger partial charge in [-0.3, -0.25) is 0 Å². The molecule has 1 aromatic heterocycles. The van der Waals surface area contributed by atoms with Gasteiger partial charge >= 0.3 is 6.18 Å². The molecule has 2 aromatic rings. The van der Waals surface area contributed by atoms with Gasteiger partial charge in [-0.2, -0.15) is 13.2 Å². The van der Waals surface area contributed by atoms with Crippen LogP contribution in [-0.4, -0.2) is 17.0 Å². The Balaban J connectivity index is 2.34. The van der Waals surface area contributed by atoms with Crippen molar-refractivity contribution in [3.05, 3.63) is 47.0 Å². The molecular weight excluding hydrogens is 291 g/mol. The monoisotopic (exact) mass is 301 g/mol. The molecule has 1 aromatic carbocycles. The lowest BCUT2D eigenvalue weighted by atomic mass is 10.1. The first-order valence-electron chi connectivity index (χ1n) is 5.74. The van der Waals surface area contributed by atoms with Crippen LogP contribution in [0.4, 0.5) is 13.2 Å². The summed E-state index contributed by atoms with van der Waals surface area (Å²) < 4.78 is 37.2. The molecule has 0 atom stereocenters. The molecule has 106 valence electrons. The first-order valence-corrected chi connectivity index (χ1v) is 6.12. The summed E-state index contributed by atoms with van der Waals surface area (Å²) in [5.41, 5.74) is 2.08. The molecule has 7 heteroatoms. The number of rotatable bonds is 3. The van der Waals surface area contributed by atoms with Crippen molar-refractivity contribution in [3.63, 3.8) is 0 Å². The number of alkyl halides is 3. The molecule has 1 heterocycles. The maximum absolute atomic E-state index is 12.4. The maximum Gasteiger partial charge on any atom is 0.451 e. The third-order valence-corrected chi connectivity index (χ3v) is 3.02. The van der Waals surface area contributed by atoms with Gasteiger partial charge in [0.05, 0.1) is 0 Å². The van der Waals surface area contributed by atoms with Crippen LogP contribution in [0.3, 0.4) is 0 Å². The predicted molar refractivity (Wildman–Crippen MR) is 70.2 cm³/mol. The van der Waals surface area contributed by atoms with Gasteiger partial charge in [0.2, 0.25) is 5.82 Å². The van der Waals surface area contributed by atoms with Crippen LogP contribution in [0.1, 0.15) is 11.4 Å². The summed E-state index contributed by atoms with van der Waals surface area (Å²) in [5, 5.41) is 3.56. The van der Waals surface area contributed by atoms with E-state index in [1.165, 1.54) is 0 Å². The van der Waals surface area contributed by atoms with Gasteiger partial charge in [-0.25, -0.2) is 9.97 Å². The maximum atomic E-state index is 12.4. The number of hydrogen-bond acceptors (Lipinski definition) is 3. The molecule has 0 unspecified atom stereocenters. The SMILES string of the molecule is CNCc1cc(-c2cnc(C(F)(F)F)nc2)ccc1Cl. The minimum atomic E-state index is -4.53. The van der Waals surface area contributed by atoms with E-state index in [0.717, 1.165) is 18.0 Å². The van der Waals surface area contributed by atoms with Gasteiger partial charge in [0.25, 0.3) is 0 Å². The van der Waals surface area contributed by atoms with Crippen LogP contribution < -0.4 is 5.32 Å². The van der Waals surface area contributed by atoms with Gasteiger partial charge in [-0.1, -0.05) is 17.7 Å². The van der Waals surface area contributed by atoms with Crippen LogP contribution in [0.15, 0.2) is 30.6 Å². The zero-order valence-electron chi connectivity index (χ0n) is 10.5. The van der Waals surface area contributed by atoms with E-state index in [1.807, 2.05) is 0 Å². The second kappa shape index (κ2) is 5.76. The Kier molecular flexibility index (Phi) is 4.25. The lowest BCUT2D eigenvalue weighted by Gasteiger charge is -2.08. The molecule has 0 aliphatic rings. The standard InChI is InChI=1S/C13H11ClF3N3/c1-18-5-9-4-8(2-3-11(9)14)10-6-19-12(20-7-10)13(15,16)17/h2-4,6-7,18H,5H2,1H3. The van der Waals surface area contributed by atoms with Gasteiger partial charge in [0, 0.05) is 29.5 Å². The summed E-state index contributed by atoms with van der Waals surface area (Å²) >= 11 is 6.03. The van der Waals surface area contributed by atoms with Crippen LogP contribution in [0.5, 0.6) is 0 Å². The fourth-order valence-electron chi connectivity index (χ4n) is 1.70. The number of halogens is 4. The minimum absolute atomic E-state index is 0.506. The normalized spacial score (nSPS) is 11.7. The topological polar surface area (TPSA) is 37.8 Å². The summed E-state index contributed by atoms with van der Waals surface area (Å²) in [6, 6.07) is 5.21. The highest BCUT2D eigenvalue weighted by Crippen LogP contribution is 2.28. The first kappa shape index (κ1) is 14.7. The number of benzene rings is 1. The quantitative estimate of drug-likeness (QED) is 0.942. The molecule has 0 radical (unpaired) electrons. The van der Waals surface area contributed by atoms with E-state index in [9.17, 15) is 13.2 Å². The first-order chi connectivity index (χ1) is 9.41. The summed E-state index contributed by atoms with van der Waals surface area (Å²) in [6.45, 7) is 0.564. The van der Waals surface area contributed by atoms with E-state index in [-0.39, 0.29) is 0 Å². The zero-order valence-corrected chi connectivity index (χ0v) is 11.3. The van der Waals surface area contributed by atoms with Crippen molar-refractivity contribution < 1.29 is 13.2 Å². The van der Waals surface area contributed by atoms with E-state index in [4.69, 9.17) is 11.6 Å². The van der Waals surface area contributed by atoms with Crippen LogP contribution in [-0.2, 0) is 12.7 Å². The Labute approximate surface area is 118 Å². The molecule has 1 N–H and O–H groups in total. The zero-order chi connectivity index (χ0) is 14.8. The molecule has 0 aliphatic heterocycles. The molecular formula is C13H11ClF3N3. The van der Waals surface area contributed by atoms with Gasteiger partial charge in [0.15, 0.2) is 0 Å². The fraction of sp³-hybridized carbons (Fsp3) is 0.231. The van der Waals surface area contributed by atoms with Gasteiger partial charge in [-0.05, 0) is 30.3 Å². The fourth-order valence-corrected chi connectivity index (χ4v) is 1.89. The van der Waals surface area contributed by atoms with E-state index in [0.29, 0.717) is 22.7 Å². The van der Waals surface area contributed by atoms with Gasteiger partial charge in [-0.15, -0.1) is 0 Å². The van der Waals surface area contributed by atoms with E-state index < -0.39 is 12.0 Å². The van der Waals surface area contributed by atoms with Crippen molar-refractivity contribution in [1.82, 2.24) is 15.3 Å². The van der Waals surface area contributed by atoms with E-state index in [2.05, 4.69) is 15.3 Å². The number of nitrogens with one attached hydrogen (secondary N) is 1. The highest BCUT2D eigenvalue weighted by molar-refractivity contribution is 6.31. The molecule has 0 amide bonds. The van der Waals surface area contributed by atoms with Crippen LogP contribution >= 0.6 is 11.6 Å². The summed E-state index contributed by atoms with van der Waals surface area (Å²) in [5.74, 6) is -1.15. The summed E-state index contributed by atoms with van der Waals surface area (Å²) in [7, 11) is 1.78. The highest BCUT2D eigenvalue weighted by Gasteiger charge is 2.34. The van der Waals surface area contributed by atoms with Crippen LogP contribution in [0.25, 0.3) is 11.1 Å². The van der Waals surface area contributed by atoms with E-state index >= 15 is 0 Å². The van der Waals surface area contributed by atoms with Crippen molar-refractivity contribution in [2.45, 2.75) is 12.7 Å². The van der Waals surface area contributed by atoms with E-state index in [1.54, 1.807) is 25.2 Å². The second-order valence-corrected chi connectivity index (χ2v) is 4.54. The van der Waals surface area contributed by atoms with Crippen LogP contribution in [0, 0.1) is 0 Å². The molecule has 2 rings (SSSR count). The average molecular weight is 302 g/mol.